The van der Waals surface area contributed by atoms with Crippen molar-refractivity contribution in [1.82, 2.24) is 0 Å². The van der Waals surface area contributed by atoms with Crippen molar-refractivity contribution in [2.75, 3.05) is 6.61 Å². The zero-order valence-electron chi connectivity index (χ0n) is 8.70. The van der Waals surface area contributed by atoms with E-state index < -0.39 is 11.7 Å². The molecule has 0 rings (SSSR count). The lowest BCUT2D eigenvalue weighted by molar-refractivity contribution is -0.0222. The minimum atomic E-state index is -0.776. The van der Waals surface area contributed by atoms with Crippen molar-refractivity contribution in [3.05, 3.63) is 0 Å². The van der Waals surface area contributed by atoms with Crippen LogP contribution in [0.15, 0.2) is 0 Å². The third-order valence-electron chi connectivity index (χ3n) is 2.60. The van der Waals surface area contributed by atoms with Crippen LogP contribution in [-0.4, -0.2) is 23.4 Å². The first-order chi connectivity index (χ1) is 5.81. The zero-order chi connectivity index (χ0) is 10.6. The fourth-order valence-corrected chi connectivity index (χ4v) is 1.20. The Kier molecular flexibility index (Phi) is 4.20. The lowest BCUT2D eigenvalue weighted by Crippen LogP contribution is -2.40. The second kappa shape index (κ2) is 4.46. The van der Waals surface area contributed by atoms with Crippen LogP contribution in [0.4, 0.5) is 4.79 Å². The molecule has 0 saturated heterocycles. The number of aliphatic hydroxyl groups excluding tert-OH is 1. The predicted molar refractivity (Wildman–Crippen MR) is 50.2 cm³/mol. The van der Waals surface area contributed by atoms with Crippen molar-refractivity contribution in [2.24, 2.45) is 17.6 Å². The summed E-state index contributed by atoms with van der Waals surface area (Å²) in [6, 6.07) is 0. The number of primary amides is 1. The molecule has 0 bridgehead atoms. The Morgan fingerprint density at radius 1 is 1.54 bits per heavy atom. The highest BCUT2D eigenvalue weighted by molar-refractivity contribution is 5.65. The number of ether oxygens (including phenoxy) is 1. The Labute approximate surface area is 79.1 Å². The van der Waals surface area contributed by atoms with Crippen LogP contribution in [0.1, 0.15) is 27.7 Å². The van der Waals surface area contributed by atoms with Gasteiger partial charge in [-0.05, 0) is 19.8 Å². The normalized spacial score (nSPS) is 16.4. The number of hydrogen-bond donors (Lipinski definition) is 2. The van der Waals surface area contributed by atoms with Crippen LogP contribution in [0.5, 0.6) is 0 Å². The van der Waals surface area contributed by atoms with Crippen LogP contribution >= 0.6 is 0 Å². The third kappa shape index (κ3) is 3.63. The van der Waals surface area contributed by atoms with Crippen molar-refractivity contribution < 1.29 is 14.6 Å². The van der Waals surface area contributed by atoms with E-state index in [0.29, 0.717) is 0 Å². The maximum Gasteiger partial charge on any atom is 0.405 e. The number of amides is 1. The Morgan fingerprint density at radius 2 is 2.00 bits per heavy atom. The summed E-state index contributed by atoms with van der Waals surface area (Å²) in [6.07, 6.45) is -0.776. The van der Waals surface area contributed by atoms with Gasteiger partial charge in [-0.25, -0.2) is 4.79 Å². The van der Waals surface area contributed by atoms with Gasteiger partial charge in [0.2, 0.25) is 0 Å². The molecular weight excluding hydrogens is 170 g/mol. The van der Waals surface area contributed by atoms with Crippen LogP contribution < -0.4 is 5.73 Å². The Balaban J connectivity index is 4.34. The highest BCUT2D eigenvalue weighted by Gasteiger charge is 2.32. The van der Waals surface area contributed by atoms with E-state index in [2.05, 4.69) is 0 Å². The maximum absolute atomic E-state index is 10.6. The van der Waals surface area contributed by atoms with Crippen molar-refractivity contribution in [1.29, 1.82) is 0 Å². The lowest BCUT2D eigenvalue weighted by atomic mass is 9.83. The first-order valence-corrected chi connectivity index (χ1v) is 4.40. The summed E-state index contributed by atoms with van der Waals surface area (Å²) in [5.41, 5.74) is 4.30. The molecule has 4 heteroatoms. The lowest BCUT2D eigenvalue weighted by Gasteiger charge is -2.34. The molecular formula is C9H19NO3. The van der Waals surface area contributed by atoms with Crippen LogP contribution in [0.3, 0.4) is 0 Å². The van der Waals surface area contributed by atoms with E-state index in [4.69, 9.17) is 15.6 Å². The molecule has 2 atom stereocenters. The van der Waals surface area contributed by atoms with Crippen molar-refractivity contribution in [2.45, 2.75) is 33.3 Å². The van der Waals surface area contributed by atoms with Gasteiger partial charge in [0.25, 0.3) is 0 Å². The molecule has 3 N–H and O–H groups in total. The fraction of sp³-hybridized carbons (Fsp3) is 0.889. The molecule has 0 aliphatic heterocycles. The highest BCUT2D eigenvalue weighted by atomic mass is 16.6. The van der Waals surface area contributed by atoms with Gasteiger partial charge >= 0.3 is 6.09 Å². The molecule has 4 nitrogen and oxygen atoms in total. The fourth-order valence-electron chi connectivity index (χ4n) is 1.20. The SMILES string of the molecule is CC([C@H](C)CO)C(C)(C)OC(N)=O. The maximum atomic E-state index is 10.6. The van der Waals surface area contributed by atoms with Gasteiger partial charge in [-0.1, -0.05) is 13.8 Å². The summed E-state index contributed by atoms with van der Waals surface area (Å²) in [5, 5.41) is 8.93. The molecule has 0 fully saturated rings. The van der Waals surface area contributed by atoms with Gasteiger partial charge in [0.1, 0.15) is 5.60 Å². The highest BCUT2D eigenvalue weighted by Crippen LogP contribution is 2.27. The van der Waals surface area contributed by atoms with Gasteiger partial charge in [0.15, 0.2) is 0 Å². The third-order valence-corrected chi connectivity index (χ3v) is 2.60. The van der Waals surface area contributed by atoms with Crippen LogP contribution in [0.2, 0.25) is 0 Å². The summed E-state index contributed by atoms with van der Waals surface area (Å²) in [4.78, 5) is 10.6. The second-order valence-electron chi connectivity index (χ2n) is 3.97. The predicted octanol–water partition coefficient (Wildman–Crippen LogP) is 1.12. The van der Waals surface area contributed by atoms with Crippen LogP contribution in [0, 0.1) is 11.8 Å². The Morgan fingerprint density at radius 3 is 2.31 bits per heavy atom. The van der Waals surface area contributed by atoms with Crippen molar-refractivity contribution in [3.8, 4) is 0 Å². The van der Waals surface area contributed by atoms with E-state index in [9.17, 15) is 4.79 Å². The molecule has 0 aliphatic rings. The van der Waals surface area contributed by atoms with Gasteiger partial charge in [-0.3, -0.25) is 0 Å². The van der Waals surface area contributed by atoms with Crippen molar-refractivity contribution in [3.63, 3.8) is 0 Å². The first-order valence-electron chi connectivity index (χ1n) is 4.40. The molecule has 0 saturated carbocycles. The molecule has 13 heavy (non-hydrogen) atoms. The molecule has 0 heterocycles. The summed E-state index contributed by atoms with van der Waals surface area (Å²) in [5.74, 6) is 0.138. The van der Waals surface area contributed by atoms with Crippen LogP contribution in [0.25, 0.3) is 0 Å². The number of aliphatic hydroxyl groups is 1. The van der Waals surface area contributed by atoms with E-state index in [1.165, 1.54) is 0 Å². The van der Waals surface area contributed by atoms with Gasteiger partial charge in [0, 0.05) is 12.5 Å². The molecule has 78 valence electrons. The summed E-state index contributed by atoms with van der Waals surface area (Å²) < 4.78 is 4.95. The average molecular weight is 189 g/mol. The monoisotopic (exact) mass is 189 g/mol. The molecule has 0 aromatic heterocycles. The van der Waals surface area contributed by atoms with Crippen molar-refractivity contribution >= 4 is 6.09 Å². The number of rotatable bonds is 4. The standard InChI is InChI=1S/C9H19NO3/c1-6(5-11)7(2)9(3,4)13-8(10)12/h6-7,11H,5H2,1-4H3,(H2,10,12)/t6-,7?/m1/s1. The number of nitrogens with two attached hydrogens (primary N) is 1. The van der Waals surface area contributed by atoms with E-state index in [1.807, 2.05) is 13.8 Å². The smallest absolute Gasteiger partial charge is 0.405 e. The van der Waals surface area contributed by atoms with Gasteiger partial charge in [-0.15, -0.1) is 0 Å². The van der Waals surface area contributed by atoms with Gasteiger partial charge in [0.05, 0.1) is 0 Å². The molecule has 0 aromatic rings. The van der Waals surface area contributed by atoms with Crippen LogP contribution in [-0.2, 0) is 4.74 Å². The number of carbonyl (C=O) groups is 1. The van der Waals surface area contributed by atoms with E-state index in [1.54, 1.807) is 13.8 Å². The topological polar surface area (TPSA) is 72.6 Å². The molecule has 0 spiro atoms. The Hall–Kier alpha value is -0.770. The first kappa shape index (κ1) is 12.2. The molecule has 1 unspecified atom stereocenters. The Bertz CT molecular complexity index is 180. The minimum absolute atomic E-state index is 0.0602. The quantitative estimate of drug-likeness (QED) is 0.696. The summed E-state index contributed by atoms with van der Waals surface area (Å²) in [7, 11) is 0. The molecule has 0 aliphatic carbocycles. The second-order valence-corrected chi connectivity index (χ2v) is 3.97. The largest absolute Gasteiger partial charge is 0.443 e. The molecule has 0 aromatic carbocycles. The number of carbonyl (C=O) groups excluding carboxylic acids is 1. The van der Waals surface area contributed by atoms with E-state index in [0.717, 1.165) is 0 Å². The molecule has 1 amide bonds. The molecule has 0 radical (unpaired) electrons. The zero-order valence-corrected chi connectivity index (χ0v) is 8.70. The van der Waals surface area contributed by atoms with Gasteiger partial charge in [-0.2, -0.15) is 0 Å². The number of hydrogen-bond acceptors (Lipinski definition) is 3. The van der Waals surface area contributed by atoms with E-state index >= 15 is 0 Å². The summed E-state index contributed by atoms with van der Waals surface area (Å²) in [6.45, 7) is 7.47. The summed E-state index contributed by atoms with van der Waals surface area (Å²) >= 11 is 0. The van der Waals surface area contributed by atoms with Gasteiger partial charge < -0.3 is 15.6 Å². The minimum Gasteiger partial charge on any atom is -0.443 e. The van der Waals surface area contributed by atoms with E-state index in [-0.39, 0.29) is 18.4 Å². The average Bonchev–Trinajstić information content (AvgIpc) is 1.99.